The molecule has 184 valence electrons. The smallest absolute Gasteiger partial charge is 0.406 e. The van der Waals surface area contributed by atoms with Gasteiger partial charge in [-0.2, -0.15) is 18.3 Å². The Kier molecular flexibility index (Phi) is 5.03. The molecule has 8 nitrogen and oxygen atoms in total. The first-order valence-electron chi connectivity index (χ1n) is 11.9. The van der Waals surface area contributed by atoms with E-state index >= 15 is 0 Å². The highest BCUT2D eigenvalue weighted by Gasteiger charge is 2.62. The molecule has 6 rings (SSSR count). The molecule has 2 aromatic heterocycles. The number of halogens is 3. The topological polar surface area (TPSA) is 92.0 Å². The summed E-state index contributed by atoms with van der Waals surface area (Å²) in [6, 6.07) is 4.94. The van der Waals surface area contributed by atoms with Gasteiger partial charge in [0.15, 0.2) is 0 Å². The number of phenols is 1. The minimum Gasteiger partial charge on any atom is -0.507 e. The summed E-state index contributed by atoms with van der Waals surface area (Å²) in [5.74, 6) is 0.391. The van der Waals surface area contributed by atoms with E-state index in [1.807, 2.05) is 24.2 Å². The maximum atomic E-state index is 13.9. The molecule has 1 saturated carbocycles. The van der Waals surface area contributed by atoms with Crippen molar-refractivity contribution in [1.82, 2.24) is 30.3 Å². The molecule has 2 saturated heterocycles. The monoisotopic (exact) mass is 485 g/mol. The fourth-order valence-electron chi connectivity index (χ4n) is 5.65. The first-order valence-corrected chi connectivity index (χ1v) is 11.9. The number of aromatic nitrogens is 5. The standard InChI is InChI=1S/C24H26F3N7O/c1-33-13-15(11-29-33)14-2-5-19(21(35)8-14)20-12-28-22(32-31-20)34(17-3-4-17)18-9-16-6-7-23(10-18,30-16)24(25,26)27/h2,5,8,11-13,16-18,30,35H,3-4,6-7,9-10H2,1H3/t16-,18-,23+/m0/s1. The van der Waals surface area contributed by atoms with E-state index in [-0.39, 0.29) is 36.7 Å². The summed E-state index contributed by atoms with van der Waals surface area (Å²) in [6.07, 6.45) is 3.90. The van der Waals surface area contributed by atoms with E-state index in [0.29, 0.717) is 30.0 Å². The van der Waals surface area contributed by atoms with Crippen LogP contribution in [0.15, 0.2) is 36.8 Å². The highest BCUT2D eigenvalue weighted by molar-refractivity contribution is 5.73. The van der Waals surface area contributed by atoms with Crippen LogP contribution < -0.4 is 10.2 Å². The van der Waals surface area contributed by atoms with E-state index in [1.165, 1.54) is 6.20 Å². The zero-order valence-electron chi connectivity index (χ0n) is 19.2. The molecule has 3 aliphatic rings. The van der Waals surface area contributed by atoms with Crippen molar-refractivity contribution in [2.75, 3.05) is 4.90 Å². The molecule has 3 atom stereocenters. The average molecular weight is 486 g/mol. The molecule has 2 bridgehead atoms. The number of benzene rings is 1. The van der Waals surface area contributed by atoms with Gasteiger partial charge in [0.1, 0.15) is 17.0 Å². The lowest BCUT2D eigenvalue weighted by Gasteiger charge is -2.44. The Morgan fingerprint density at radius 1 is 1.11 bits per heavy atom. The number of anilines is 1. The summed E-state index contributed by atoms with van der Waals surface area (Å²) >= 11 is 0. The van der Waals surface area contributed by atoms with Gasteiger partial charge in [-0.05, 0) is 56.2 Å². The molecule has 2 N–H and O–H groups in total. The number of fused-ring (bicyclic) bond motifs is 2. The Balaban J connectivity index is 1.26. The first-order chi connectivity index (χ1) is 16.7. The minimum absolute atomic E-state index is 0.00873. The number of rotatable bonds is 5. The molecular formula is C24H26F3N7O. The second-order valence-corrected chi connectivity index (χ2v) is 9.97. The van der Waals surface area contributed by atoms with E-state index in [2.05, 4.69) is 25.6 Å². The molecule has 0 radical (unpaired) electrons. The van der Waals surface area contributed by atoms with E-state index in [0.717, 1.165) is 24.0 Å². The zero-order valence-corrected chi connectivity index (χ0v) is 19.2. The molecule has 0 spiro atoms. The van der Waals surface area contributed by atoms with E-state index in [9.17, 15) is 18.3 Å². The number of piperidine rings is 1. The predicted molar refractivity (Wildman–Crippen MR) is 123 cm³/mol. The van der Waals surface area contributed by atoms with Crippen LogP contribution in [0.1, 0.15) is 38.5 Å². The molecule has 35 heavy (non-hydrogen) atoms. The fraction of sp³-hybridized carbons (Fsp3) is 0.500. The number of nitrogens with one attached hydrogen (secondary N) is 1. The van der Waals surface area contributed by atoms with Crippen LogP contribution in [0.25, 0.3) is 22.4 Å². The summed E-state index contributed by atoms with van der Waals surface area (Å²) in [5.41, 5.74) is 0.746. The first kappa shape index (κ1) is 22.3. The predicted octanol–water partition coefficient (Wildman–Crippen LogP) is 3.83. The molecule has 4 heterocycles. The third-order valence-corrected chi connectivity index (χ3v) is 7.51. The number of nitrogens with zero attached hydrogens (tertiary/aromatic N) is 6. The lowest BCUT2D eigenvalue weighted by Crippen LogP contribution is -2.62. The third kappa shape index (κ3) is 3.91. The Morgan fingerprint density at radius 2 is 1.94 bits per heavy atom. The minimum atomic E-state index is -4.29. The van der Waals surface area contributed by atoms with Crippen molar-refractivity contribution >= 4 is 5.95 Å². The number of hydrogen-bond acceptors (Lipinski definition) is 7. The largest absolute Gasteiger partial charge is 0.507 e. The molecule has 1 aliphatic carbocycles. The quantitative estimate of drug-likeness (QED) is 0.568. The van der Waals surface area contributed by atoms with Gasteiger partial charge in [0.05, 0.1) is 12.4 Å². The zero-order chi connectivity index (χ0) is 24.4. The summed E-state index contributed by atoms with van der Waals surface area (Å²) in [4.78, 5) is 6.46. The summed E-state index contributed by atoms with van der Waals surface area (Å²) in [6.45, 7) is 0. The Hall–Kier alpha value is -3.21. The van der Waals surface area contributed by atoms with Crippen LogP contribution in [0.4, 0.5) is 19.1 Å². The van der Waals surface area contributed by atoms with Crippen molar-refractivity contribution < 1.29 is 18.3 Å². The van der Waals surface area contributed by atoms with Gasteiger partial charge in [-0.1, -0.05) is 6.07 Å². The molecule has 3 aromatic rings. The molecular weight excluding hydrogens is 459 g/mol. The average Bonchev–Trinajstić information content (AvgIpc) is 3.47. The number of aromatic hydroxyl groups is 1. The normalized spacial score (nSPS) is 26.2. The number of hydrogen-bond donors (Lipinski definition) is 2. The van der Waals surface area contributed by atoms with Crippen LogP contribution in [0.5, 0.6) is 5.75 Å². The van der Waals surface area contributed by atoms with Crippen molar-refractivity contribution in [3.05, 3.63) is 36.8 Å². The van der Waals surface area contributed by atoms with Crippen molar-refractivity contribution in [2.24, 2.45) is 7.05 Å². The van der Waals surface area contributed by atoms with Crippen molar-refractivity contribution in [3.63, 3.8) is 0 Å². The van der Waals surface area contributed by atoms with Crippen LogP contribution >= 0.6 is 0 Å². The van der Waals surface area contributed by atoms with Gasteiger partial charge in [0, 0.05) is 42.5 Å². The Labute approximate surface area is 200 Å². The second-order valence-electron chi connectivity index (χ2n) is 9.97. The van der Waals surface area contributed by atoms with Crippen LogP contribution in [-0.4, -0.2) is 59.9 Å². The molecule has 0 unspecified atom stereocenters. The number of aryl methyl sites for hydroxylation is 1. The van der Waals surface area contributed by atoms with Gasteiger partial charge in [-0.15, -0.1) is 10.2 Å². The maximum Gasteiger partial charge on any atom is 0.406 e. The van der Waals surface area contributed by atoms with Crippen LogP contribution in [0.3, 0.4) is 0 Å². The Bertz CT molecular complexity index is 1240. The van der Waals surface area contributed by atoms with Gasteiger partial charge < -0.3 is 15.3 Å². The van der Waals surface area contributed by atoms with E-state index in [1.54, 1.807) is 23.0 Å². The summed E-state index contributed by atoms with van der Waals surface area (Å²) in [5, 5.41) is 26.2. The van der Waals surface area contributed by atoms with Crippen LogP contribution in [0.2, 0.25) is 0 Å². The summed E-state index contributed by atoms with van der Waals surface area (Å²) in [7, 11) is 1.82. The van der Waals surface area contributed by atoms with Crippen LogP contribution in [-0.2, 0) is 7.05 Å². The van der Waals surface area contributed by atoms with E-state index < -0.39 is 11.7 Å². The van der Waals surface area contributed by atoms with Gasteiger partial charge in [0.2, 0.25) is 5.95 Å². The lowest BCUT2D eigenvalue weighted by atomic mass is 9.86. The number of phenolic OH excluding ortho intramolecular Hbond substituents is 1. The maximum absolute atomic E-state index is 13.9. The van der Waals surface area contributed by atoms with Gasteiger partial charge in [-0.25, -0.2) is 4.98 Å². The van der Waals surface area contributed by atoms with E-state index in [4.69, 9.17) is 0 Å². The van der Waals surface area contributed by atoms with Gasteiger partial charge in [0.25, 0.3) is 0 Å². The molecule has 2 aliphatic heterocycles. The van der Waals surface area contributed by atoms with Gasteiger partial charge >= 0.3 is 6.18 Å². The molecule has 3 fully saturated rings. The van der Waals surface area contributed by atoms with Gasteiger partial charge in [-0.3, -0.25) is 4.68 Å². The molecule has 0 amide bonds. The lowest BCUT2D eigenvalue weighted by molar-refractivity contribution is -0.199. The second kappa shape index (κ2) is 7.91. The van der Waals surface area contributed by atoms with Crippen molar-refractivity contribution in [2.45, 2.75) is 68.4 Å². The summed E-state index contributed by atoms with van der Waals surface area (Å²) < 4.78 is 43.5. The fourth-order valence-corrected chi connectivity index (χ4v) is 5.65. The molecule has 11 heteroatoms. The third-order valence-electron chi connectivity index (χ3n) is 7.51. The van der Waals surface area contributed by atoms with Crippen molar-refractivity contribution in [3.8, 4) is 28.1 Å². The highest BCUT2D eigenvalue weighted by atomic mass is 19.4. The van der Waals surface area contributed by atoms with Crippen molar-refractivity contribution in [1.29, 1.82) is 0 Å². The molecule has 1 aromatic carbocycles. The Morgan fingerprint density at radius 3 is 2.57 bits per heavy atom. The highest BCUT2D eigenvalue weighted by Crippen LogP contribution is 2.49. The number of alkyl halides is 3. The SMILES string of the molecule is Cn1cc(-c2ccc(-c3cnc(N(C4CC4)[C@H]4C[C@@H]5CC[C@](C(F)(F)F)(C4)N5)nn3)c(O)c2)cn1. The van der Waals surface area contributed by atoms with Crippen LogP contribution in [0, 0.1) is 0 Å².